The fourth-order valence-corrected chi connectivity index (χ4v) is 2.86. The van der Waals surface area contributed by atoms with Gasteiger partial charge >= 0.3 is 0 Å². The minimum absolute atomic E-state index is 0.840. The molecule has 3 aromatic carbocycles. The SMILES string of the molecule is COc1ccccc1C(=Cc1ccc(C)cc1)c1ccccc1OC. The zero-order valence-corrected chi connectivity index (χ0v) is 14.8. The second kappa shape index (κ2) is 7.71. The molecule has 3 aromatic rings. The lowest BCUT2D eigenvalue weighted by Crippen LogP contribution is -1.96. The van der Waals surface area contributed by atoms with Crippen LogP contribution >= 0.6 is 0 Å². The first kappa shape index (κ1) is 16.8. The molecule has 2 nitrogen and oxygen atoms in total. The zero-order valence-electron chi connectivity index (χ0n) is 14.8. The summed E-state index contributed by atoms with van der Waals surface area (Å²) in [6.07, 6.45) is 2.18. The lowest BCUT2D eigenvalue weighted by Gasteiger charge is -2.16. The van der Waals surface area contributed by atoms with Gasteiger partial charge in [-0.25, -0.2) is 0 Å². The van der Waals surface area contributed by atoms with Crippen LogP contribution in [0.3, 0.4) is 0 Å². The van der Waals surface area contributed by atoms with Crippen LogP contribution in [-0.2, 0) is 0 Å². The summed E-state index contributed by atoms with van der Waals surface area (Å²) in [7, 11) is 3.40. The molecular formula is C23H22O2. The summed E-state index contributed by atoms with van der Waals surface area (Å²) in [5.41, 5.74) is 5.52. The van der Waals surface area contributed by atoms with Gasteiger partial charge in [-0.3, -0.25) is 0 Å². The lowest BCUT2D eigenvalue weighted by atomic mass is 9.94. The molecule has 0 radical (unpaired) electrons. The predicted octanol–water partition coefficient (Wildman–Crippen LogP) is 5.60. The van der Waals surface area contributed by atoms with Crippen molar-refractivity contribution in [1.82, 2.24) is 0 Å². The average Bonchev–Trinajstić information content (AvgIpc) is 2.67. The van der Waals surface area contributed by atoms with Crippen molar-refractivity contribution in [1.29, 1.82) is 0 Å². The van der Waals surface area contributed by atoms with E-state index in [0.717, 1.165) is 33.8 Å². The van der Waals surface area contributed by atoms with Gasteiger partial charge in [-0.1, -0.05) is 66.2 Å². The number of hydrogen-bond acceptors (Lipinski definition) is 2. The molecule has 0 aliphatic carbocycles. The van der Waals surface area contributed by atoms with E-state index in [1.807, 2.05) is 36.4 Å². The molecule has 2 heteroatoms. The Balaban J connectivity index is 2.23. The van der Waals surface area contributed by atoms with Crippen LogP contribution in [-0.4, -0.2) is 14.2 Å². The normalized spacial score (nSPS) is 10.2. The molecule has 0 spiro atoms. The van der Waals surface area contributed by atoms with Gasteiger partial charge in [-0.15, -0.1) is 0 Å². The Bertz CT molecular complexity index is 827. The molecule has 0 amide bonds. The van der Waals surface area contributed by atoms with Gasteiger partial charge in [0.1, 0.15) is 11.5 Å². The number of ether oxygens (including phenoxy) is 2. The van der Waals surface area contributed by atoms with E-state index in [9.17, 15) is 0 Å². The fourth-order valence-electron chi connectivity index (χ4n) is 2.86. The van der Waals surface area contributed by atoms with E-state index in [0.29, 0.717) is 0 Å². The average molecular weight is 330 g/mol. The van der Waals surface area contributed by atoms with E-state index in [2.05, 4.69) is 49.4 Å². The molecule has 0 aliphatic rings. The molecule has 0 aromatic heterocycles. The number of methoxy groups -OCH3 is 2. The van der Waals surface area contributed by atoms with Crippen LogP contribution in [0.2, 0.25) is 0 Å². The van der Waals surface area contributed by atoms with E-state index >= 15 is 0 Å². The van der Waals surface area contributed by atoms with Gasteiger partial charge in [0.25, 0.3) is 0 Å². The lowest BCUT2D eigenvalue weighted by molar-refractivity contribution is 0.411. The molecule has 0 N–H and O–H groups in total. The maximum atomic E-state index is 5.60. The van der Waals surface area contributed by atoms with Crippen LogP contribution in [0.1, 0.15) is 22.3 Å². The highest BCUT2D eigenvalue weighted by atomic mass is 16.5. The molecule has 0 fully saturated rings. The molecule has 0 saturated carbocycles. The van der Waals surface area contributed by atoms with E-state index in [1.165, 1.54) is 5.56 Å². The summed E-state index contributed by atoms with van der Waals surface area (Å²) in [5, 5.41) is 0. The third-order valence-electron chi connectivity index (χ3n) is 4.18. The number of hydrogen-bond donors (Lipinski definition) is 0. The first-order valence-corrected chi connectivity index (χ1v) is 8.28. The van der Waals surface area contributed by atoms with Crippen LogP contribution in [0.25, 0.3) is 11.6 Å². The Morgan fingerprint density at radius 1 is 0.680 bits per heavy atom. The molecule has 0 bridgehead atoms. The summed E-state index contributed by atoms with van der Waals surface area (Å²) >= 11 is 0. The maximum absolute atomic E-state index is 5.60. The van der Waals surface area contributed by atoms with Gasteiger partial charge in [0.2, 0.25) is 0 Å². The highest BCUT2D eigenvalue weighted by Crippen LogP contribution is 2.36. The van der Waals surface area contributed by atoms with Gasteiger partial charge in [-0.2, -0.15) is 0 Å². The quantitative estimate of drug-likeness (QED) is 0.567. The fraction of sp³-hybridized carbons (Fsp3) is 0.130. The van der Waals surface area contributed by atoms with Crippen molar-refractivity contribution < 1.29 is 9.47 Å². The smallest absolute Gasteiger partial charge is 0.126 e. The Labute approximate surface area is 149 Å². The van der Waals surface area contributed by atoms with Crippen molar-refractivity contribution in [2.45, 2.75) is 6.92 Å². The van der Waals surface area contributed by atoms with Crippen LogP contribution in [0.15, 0.2) is 72.8 Å². The monoisotopic (exact) mass is 330 g/mol. The van der Waals surface area contributed by atoms with Gasteiger partial charge in [0.05, 0.1) is 14.2 Å². The predicted molar refractivity (Wildman–Crippen MR) is 104 cm³/mol. The van der Waals surface area contributed by atoms with Crippen LogP contribution < -0.4 is 9.47 Å². The minimum Gasteiger partial charge on any atom is -0.496 e. The van der Waals surface area contributed by atoms with Crippen molar-refractivity contribution in [3.63, 3.8) is 0 Å². The van der Waals surface area contributed by atoms with Gasteiger partial charge in [0, 0.05) is 11.1 Å². The van der Waals surface area contributed by atoms with Gasteiger partial charge < -0.3 is 9.47 Å². The van der Waals surface area contributed by atoms with Crippen molar-refractivity contribution in [2.75, 3.05) is 14.2 Å². The van der Waals surface area contributed by atoms with Gasteiger partial charge in [-0.05, 0) is 36.3 Å². The van der Waals surface area contributed by atoms with Crippen molar-refractivity contribution in [3.8, 4) is 11.5 Å². The molecule has 0 saturated heterocycles. The second-order valence-electron chi connectivity index (χ2n) is 5.87. The summed E-state index contributed by atoms with van der Waals surface area (Å²) in [6, 6.07) is 24.6. The molecule has 0 atom stereocenters. The summed E-state index contributed by atoms with van der Waals surface area (Å²) < 4.78 is 11.2. The number of aryl methyl sites for hydroxylation is 1. The van der Waals surface area contributed by atoms with Crippen molar-refractivity contribution in [2.24, 2.45) is 0 Å². The van der Waals surface area contributed by atoms with E-state index in [1.54, 1.807) is 14.2 Å². The summed E-state index contributed by atoms with van der Waals surface area (Å²) in [6.45, 7) is 2.09. The first-order valence-electron chi connectivity index (χ1n) is 8.28. The molecule has 126 valence electrons. The summed E-state index contributed by atoms with van der Waals surface area (Å²) in [4.78, 5) is 0. The first-order chi connectivity index (χ1) is 12.2. The Kier molecular flexibility index (Phi) is 5.20. The Hall–Kier alpha value is -3.00. The molecule has 0 unspecified atom stereocenters. The molecular weight excluding hydrogens is 308 g/mol. The topological polar surface area (TPSA) is 18.5 Å². The maximum Gasteiger partial charge on any atom is 0.126 e. The Morgan fingerprint density at radius 2 is 1.16 bits per heavy atom. The summed E-state index contributed by atoms with van der Waals surface area (Å²) in [5.74, 6) is 1.68. The number of para-hydroxylation sites is 2. The number of benzene rings is 3. The largest absolute Gasteiger partial charge is 0.496 e. The van der Waals surface area contributed by atoms with Crippen LogP contribution in [0, 0.1) is 6.92 Å². The van der Waals surface area contributed by atoms with E-state index in [-0.39, 0.29) is 0 Å². The third-order valence-corrected chi connectivity index (χ3v) is 4.18. The molecule has 0 aliphatic heterocycles. The number of rotatable bonds is 5. The molecule has 25 heavy (non-hydrogen) atoms. The van der Waals surface area contributed by atoms with Crippen molar-refractivity contribution in [3.05, 3.63) is 95.1 Å². The van der Waals surface area contributed by atoms with E-state index in [4.69, 9.17) is 9.47 Å². The highest BCUT2D eigenvalue weighted by Gasteiger charge is 2.14. The van der Waals surface area contributed by atoms with Crippen LogP contribution in [0.5, 0.6) is 11.5 Å². The highest BCUT2D eigenvalue weighted by molar-refractivity contribution is 5.95. The molecule has 3 rings (SSSR count). The molecule has 0 heterocycles. The Morgan fingerprint density at radius 3 is 1.64 bits per heavy atom. The van der Waals surface area contributed by atoms with E-state index < -0.39 is 0 Å². The minimum atomic E-state index is 0.840. The van der Waals surface area contributed by atoms with Crippen LogP contribution in [0.4, 0.5) is 0 Å². The van der Waals surface area contributed by atoms with Gasteiger partial charge in [0.15, 0.2) is 0 Å². The van der Waals surface area contributed by atoms with Crippen molar-refractivity contribution >= 4 is 11.6 Å². The second-order valence-corrected chi connectivity index (χ2v) is 5.87. The zero-order chi connectivity index (χ0) is 17.6. The third kappa shape index (κ3) is 3.74. The standard InChI is InChI=1S/C23H22O2/c1-17-12-14-18(15-13-17)16-21(19-8-4-6-10-22(19)24-2)20-9-5-7-11-23(20)25-3/h4-16H,1-3H3.